The topological polar surface area (TPSA) is 89.0 Å². The summed E-state index contributed by atoms with van der Waals surface area (Å²) in [7, 11) is -3.56. The van der Waals surface area contributed by atoms with Crippen LogP contribution in [0.4, 0.5) is 0 Å². The fourth-order valence-corrected chi connectivity index (χ4v) is 4.50. The van der Waals surface area contributed by atoms with Crippen molar-refractivity contribution in [3.05, 3.63) is 51.3 Å². The van der Waals surface area contributed by atoms with Crippen LogP contribution >= 0.6 is 15.9 Å². The third kappa shape index (κ3) is 2.87. The molecule has 130 valence electrons. The summed E-state index contributed by atoms with van der Waals surface area (Å²) >= 11 is 3.49. The zero-order valence-corrected chi connectivity index (χ0v) is 16.1. The molecule has 1 aromatic carbocycles. The molecule has 3 unspecified atom stereocenters. The highest BCUT2D eigenvalue weighted by molar-refractivity contribution is 9.10. The van der Waals surface area contributed by atoms with Crippen LogP contribution in [0.3, 0.4) is 0 Å². The largest absolute Gasteiger partial charge is 0.347 e. The Kier molecular flexibility index (Phi) is 3.73. The fourth-order valence-electron chi connectivity index (χ4n) is 3.62. The molecule has 1 saturated carbocycles. The first-order chi connectivity index (χ1) is 11.8. The first-order valence-electron chi connectivity index (χ1n) is 7.88. The van der Waals surface area contributed by atoms with Crippen LogP contribution < -0.4 is 5.32 Å². The van der Waals surface area contributed by atoms with Crippen molar-refractivity contribution in [3.8, 4) is 0 Å². The summed E-state index contributed by atoms with van der Waals surface area (Å²) in [6, 6.07) is 6.35. The van der Waals surface area contributed by atoms with E-state index in [9.17, 15) is 13.2 Å². The third-order valence-electron chi connectivity index (χ3n) is 4.89. The molecule has 1 amide bonds. The van der Waals surface area contributed by atoms with Crippen LogP contribution in [-0.4, -0.2) is 36.6 Å². The van der Waals surface area contributed by atoms with Gasteiger partial charge in [-0.15, -0.1) is 0 Å². The van der Waals surface area contributed by atoms with E-state index in [2.05, 4.69) is 43.3 Å². The van der Waals surface area contributed by atoms with Gasteiger partial charge in [-0.2, -0.15) is 0 Å². The predicted molar refractivity (Wildman–Crippen MR) is 95.2 cm³/mol. The van der Waals surface area contributed by atoms with Gasteiger partial charge in [0.1, 0.15) is 5.69 Å². The van der Waals surface area contributed by atoms with E-state index in [0.717, 1.165) is 17.1 Å². The Morgan fingerprint density at radius 2 is 2.12 bits per heavy atom. The van der Waals surface area contributed by atoms with Gasteiger partial charge in [-0.1, -0.05) is 22.0 Å². The lowest BCUT2D eigenvalue weighted by Crippen LogP contribution is -2.30. The quantitative estimate of drug-likeness (QED) is 0.765. The Bertz CT molecular complexity index is 1010. The molecule has 25 heavy (non-hydrogen) atoms. The van der Waals surface area contributed by atoms with Gasteiger partial charge in [0.25, 0.3) is 5.91 Å². The van der Waals surface area contributed by atoms with E-state index in [4.69, 9.17) is 0 Å². The number of sulfone groups is 1. The average molecular weight is 422 g/mol. The highest BCUT2D eigenvalue weighted by Gasteiger charge is 2.56. The van der Waals surface area contributed by atoms with Crippen molar-refractivity contribution in [2.75, 3.05) is 6.26 Å². The number of benzene rings is 1. The summed E-state index contributed by atoms with van der Waals surface area (Å²) in [5, 5.41) is 2.69. The number of rotatable bonds is 3. The van der Waals surface area contributed by atoms with Crippen LogP contribution in [0.25, 0.3) is 0 Å². The van der Waals surface area contributed by atoms with Gasteiger partial charge in [0, 0.05) is 28.9 Å². The molecule has 0 spiro atoms. The van der Waals surface area contributed by atoms with Crippen molar-refractivity contribution in [2.24, 2.45) is 5.92 Å². The van der Waals surface area contributed by atoms with Gasteiger partial charge >= 0.3 is 0 Å². The van der Waals surface area contributed by atoms with Gasteiger partial charge in [0.15, 0.2) is 0 Å². The predicted octanol–water partition coefficient (Wildman–Crippen LogP) is 2.02. The van der Waals surface area contributed by atoms with E-state index in [-0.39, 0.29) is 22.8 Å². The van der Waals surface area contributed by atoms with Gasteiger partial charge in [0.05, 0.1) is 0 Å². The van der Waals surface area contributed by atoms with Crippen molar-refractivity contribution < 1.29 is 13.2 Å². The minimum absolute atomic E-state index is 0.0744. The summed E-state index contributed by atoms with van der Waals surface area (Å²) in [4.78, 5) is 20.4. The van der Waals surface area contributed by atoms with Crippen molar-refractivity contribution in [1.29, 1.82) is 0 Å². The number of aryl methyl sites for hydroxylation is 1. The molecule has 0 bridgehead atoms. The molecular weight excluding hydrogens is 406 g/mol. The molecule has 8 heteroatoms. The van der Waals surface area contributed by atoms with Crippen molar-refractivity contribution in [1.82, 2.24) is 15.3 Å². The normalized spacial score (nSPS) is 23.7. The van der Waals surface area contributed by atoms with Crippen LogP contribution in [0, 0.1) is 12.8 Å². The summed E-state index contributed by atoms with van der Waals surface area (Å²) in [5.41, 5.74) is 3.29. The van der Waals surface area contributed by atoms with Gasteiger partial charge < -0.3 is 5.32 Å². The number of hydrogen-bond acceptors (Lipinski definition) is 5. The highest BCUT2D eigenvalue weighted by atomic mass is 79.9. The van der Waals surface area contributed by atoms with Gasteiger partial charge in [0.2, 0.25) is 15.0 Å². The van der Waals surface area contributed by atoms with Crippen molar-refractivity contribution >= 4 is 31.7 Å². The lowest BCUT2D eigenvalue weighted by atomic mass is 10.1. The molecule has 0 saturated heterocycles. The average Bonchev–Trinajstić information content (AvgIpc) is 3.05. The van der Waals surface area contributed by atoms with Crippen LogP contribution in [0.5, 0.6) is 0 Å². The fraction of sp³-hybridized carbons (Fsp3) is 0.353. The number of carbonyl (C=O) groups excluding carboxylic acids is 1. The molecule has 0 radical (unpaired) electrons. The molecule has 6 nitrogen and oxygen atoms in total. The molecule has 2 aliphatic rings. The second kappa shape index (κ2) is 5.60. The van der Waals surface area contributed by atoms with E-state index < -0.39 is 9.84 Å². The maximum absolute atomic E-state index is 12.6. The molecule has 3 atom stereocenters. The molecule has 1 N–H and O–H groups in total. The molecule has 4 rings (SSSR count). The number of fused-ring (bicyclic) bond motifs is 3. The van der Waals surface area contributed by atoms with E-state index in [1.807, 2.05) is 6.07 Å². The molecule has 2 aromatic rings. The monoisotopic (exact) mass is 421 g/mol. The number of halogens is 1. The number of hydrogen-bond donors (Lipinski definition) is 1. The minimum atomic E-state index is -3.56. The van der Waals surface area contributed by atoms with Gasteiger partial charge in [-0.05, 0) is 48.1 Å². The molecule has 2 aliphatic carbocycles. The Morgan fingerprint density at radius 3 is 2.84 bits per heavy atom. The SMILES string of the molecule is Cc1cnc(S(C)(=O)=O)nc1C(=O)NC1C2Cc3ccc(Br)cc3C21. The zero-order chi connectivity index (χ0) is 17.9. The lowest BCUT2D eigenvalue weighted by molar-refractivity contribution is 0.0941. The molecule has 1 fully saturated rings. The summed E-state index contributed by atoms with van der Waals surface area (Å²) in [5.74, 6) is 0.387. The maximum Gasteiger partial charge on any atom is 0.270 e. The minimum Gasteiger partial charge on any atom is -0.347 e. The number of nitrogens with one attached hydrogen (secondary N) is 1. The second-order valence-electron chi connectivity index (χ2n) is 6.69. The molecule has 1 heterocycles. The van der Waals surface area contributed by atoms with Crippen molar-refractivity contribution in [2.45, 2.75) is 30.5 Å². The molecule has 0 aliphatic heterocycles. The number of nitrogens with zero attached hydrogens (tertiary/aromatic N) is 2. The maximum atomic E-state index is 12.6. The Balaban J connectivity index is 1.55. The first-order valence-corrected chi connectivity index (χ1v) is 10.6. The van der Waals surface area contributed by atoms with Gasteiger partial charge in [-0.3, -0.25) is 4.79 Å². The molecule has 1 aromatic heterocycles. The van der Waals surface area contributed by atoms with E-state index in [1.165, 1.54) is 17.3 Å². The zero-order valence-electron chi connectivity index (χ0n) is 13.7. The van der Waals surface area contributed by atoms with E-state index in [0.29, 0.717) is 17.4 Å². The van der Waals surface area contributed by atoms with Gasteiger partial charge in [-0.25, -0.2) is 18.4 Å². The highest BCUT2D eigenvalue weighted by Crippen LogP contribution is 2.56. The van der Waals surface area contributed by atoms with E-state index >= 15 is 0 Å². The van der Waals surface area contributed by atoms with Crippen LogP contribution in [0.2, 0.25) is 0 Å². The summed E-state index contributed by atoms with van der Waals surface area (Å²) in [6.45, 7) is 1.70. The second-order valence-corrected chi connectivity index (χ2v) is 9.52. The third-order valence-corrected chi connectivity index (χ3v) is 6.24. The first kappa shape index (κ1) is 16.7. The summed E-state index contributed by atoms with van der Waals surface area (Å²) < 4.78 is 24.3. The van der Waals surface area contributed by atoms with Crippen LogP contribution in [0.1, 0.15) is 33.1 Å². The van der Waals surface area contributed by atoms with Crippen LogP contribution in [-0.2, 0) is 16.3 Å². The smallest absolute Gasteiger partial charge is 0.270 e. The Hall–Kier alpha value is -1.80. The molecular formula is C17H16BrN3O3S. The number of carbonyl (C=O) groups is 1. The lowest BCUT2D eigenvalue weighted by Gasteiger charge is -2.11. The van der Waals surface area contributed by atoms with Crippen molar-refractivity contribution in [3.63, 3.8) is 0 Å². The Labute approximate surface area is 154 Å². The number of amides is 1. The Morgan fingerprint density at radius 1 is 1.36 bits per heavy atom. The number of aromatic nitrogens is 2. The summed E-state index contributed by atoms with van der Waals surface area (Å²) in [6.07, 6.45) is 3.35. The van der Waals surface area contributed by atoms with Crippen LogP contribution in [0.15, 0.2) is 34.0 Å². The standard InChI is InChI=1S/C17H16BrN3O3S/c1-8-7-19-17(25(2,23)24)21-14(8)16(22)20-15-12-5-9-3-4-10(18)6-11(9)13(12)15/h3-4,6-7,12-13,15H,5H2,1-2H3,(H,20,22). The van der Waals surface area contributed by atoms with E-state index in [1.54, 1.807) is 6.92 Å².